The van der Waals surface area contributed by atoms with Gasteiger partial charge in [-0.05, 0) is 22.8 Å². The van der Waals surface area contributed by atoms with Crippen molar-refractivity contribution in [3.05, 3.63) is 5.82 Å². The Labute approximate surface area is 91.0 Å². The van der Waals surface area contributed by atoms with Crippen molar-refractivity contribution in [1.82, 2.24) is 20.2 Å². The largest absolute Gasteiger partial charge is 0.324 e. The minimum atomic E-state index is 0.414. The maximum Gasteiger partial charge on any atom is 0.164 e. The molecule has 0 radical (unpaired) electrons. The minimum Gasteiger partial charge on any atom is -0.324 e. The van der Waals surface area contributed by atoms with E-state index in [0.29, 0.717) is 12.5 Å². The summed E-state index contributed by atoms with van der Waals surface area (Å²) in [7, 11) is 0. The average molecular weight is 211 g/mol. The molecule has 1 rings (SSSR count). The summed E-state index contributed by atoms with van der Waals surface area (Å²) in [6.07, 6.45) is 4.94. The highest BCUT2D eigenvalue weighted by Gasteiger charge is 2.10. The van der Waals surface area contributed by atoms with Crippen LogP contribution in [0.3, 0.4) is 0 Å². The molecule has 1 unspecified atom stereocenters. The van der Waals surface area contributed by atoms with Crippen LogP contribution < -0.4 is 5.73 Å². The number of unbranched alkanes of at least 4 members (excludes halogenated alkanes) is 1. The summed E-state index contributed by atoms with van der Waals surface area (Å²) in [4.78, 5) is 0. The quantitative estimate of drug-likeness (QED) is 0.739. The van der Waals surface area contributed by atoms with Crippen LogP contribution in [0.4, 0.5) is 0 Å². The van der Waals surface area contributed by atoms with E-state index in [9.17, 15) is 0 Å². The van der Waals surface area contributed by atoms with E-state index >= 15 is 0 Å². The minimum absolute atomic E-state index is 0.414. The van der Waals surface area contributed by atoms with Gasteiger partial charge in [0.05, 0.1) is 6.54 Å². The van der Waals surface area contributed by atoms with Crippen LogP contribution in [-0.2, 0) is 13.1 Å². The maximum absolute atomic E-state index is 5.55. The lowest BCUT2D eigenvalue weighted by Crippen LogP contribution is -2.16. The van der Waals surface area contributed by atoms with Gasteiger partial charge in [0.2, 0.25) is 0 Å². The predicted molar refractivity (Wildman–Crippen MR) is 59.0 cm³/mol. The fraction of sp³-hybridized carbons (Fsp3) is 0.900. The first kappa shape index (κ1) is 12.1. The summed E-state index contributed by atoms with van der Waals surface area (Å²) in [5.41, 5.74) is 5.55. The summed E-state index contributed by atoms with van der Waals surface area (Å²) < 4.78 is 1.84. The Hall–Kier alpha value is -0.970. The molecule has 0 saturated heterocycles. The van der Waals surface area contributed by atoms with Gasteiger partial charge in [0.15, 0.2) is 5.82 Å². The van der Waals surface area contributed by atoms with Crippen LogP contribution in [0, 0.1) is 5.92 Å². The molecule has 0 amide bonds. The molecule has 1 atom stereocenters. The SMILES string of the molecule is CCCCC(CC)Cn1nnnc1CN. The number of hydrogen-bond acceptors (Lipinski definition) is 4. The van der Waals surface area contributed by atoms with Crippen molar-refractivity contribution in [1.29, 1.82) is 0 Å². The van der Waals surface area contributed by atoms with Gasteiger partial charge in [-0.3, -0.25) is 0 Å². The molecule has 0 aliphatic rings. The Balaban J connectivity index is 2.50. The fourth-order valence-corrected chi connectivity index (χ4v) is 1.67. The van der Waals surface area contributed by atoms with E-state index in [4.69, 9.17) is 5.73 Å². The lowest BCUT2D eigenvalue weighted by Gasteiger charge is -2.14. The molecule has 86 valence electrons. The number of rotatable bonds is 7. The number of aromatic nitrogens is 4. The normalized spacial score (nSPS) is 13.0. The van der Waals surface area contributed by atoms with Crippen molar-refractivity contribution < 1.29 is 0 Å². The molecule has 2 N–H and O–H groups in total. The molecule has 15 heavy (non-hydrogen) atoms. The topological polar surface area (TPSA) is 69.6 Å². The highest BCUT2D eigenvalue weighted by Crippen LogP contribution is 2.14. The highest BCUT2D eigenvalue weighted by molar-refractivity contribution is 4.78. The first-order valence-electron chi connectivity index (χ1n) is 5.76. The van der Waals surface area contributed by atoms with E-state index in [1.165, 1.54) is 25.7 Å². The lowest BCUT2D eigenvalue weighted by atomic mass is 9.99. The van der Waals surface area contributed by atoms with Crippen LogP contribution in [0.25, 0.3) is 0 Å². The van der Waals surface area contributed by atoms with Gasteiger partial charge in [-0.25, -0.2) is 4.68 Å². The Kier molecular flexibility index (Phi) is 5.25. The Morgan fingerprint density at radius 1 is 1.40 bits per heavy atom. The highest BCUT2D eigenvalue weighted by atomic mass is 15.5. The lowest BCUT2D eigenvalue weighted by molar-refractivity contribution is 0.361. The van der Waals surface area contributed by atoms with Crippen LogP contribution in [0.1, 0.15) is 45.4 Å². The molecule has 0 aromatic carbocycles. The van der Waals surface area contributed by atoms with Crippen molar-refractivity contribution >= 4 is 0 Å². The fourth-order valence-electron chi connectivity index (χ4n) is 1.67. The third-order valence-corrected chi connectivity index (χ3v) is 2.76. The summed E-state index contributed by atoms with van der Waals surface area (Å²) in [5, 5.41) is 11.5. The summed E-state index contributed by atoms with van der Waals surface area (Å²) in [5.74, 6) is 1.45. The van der Waals surface area contributed by atoms with Crippen molar-refractivity contribution in [2.24, 2.45) is 11.7 Å². The smallest absolute Gasteiger partial charge is 0.164 e. The monoisotopic (exact) mass is 211 g/mol. The number of nitrogens with two attached hydrogens (primary N) is 1. The van der Waals surface area contributed by atoms with Gasteiger partial charge in [0, 0.05) is 6.54 Å². The van der Waals surface area contributed by atoms with Gasteiger partial charge in [-0.2, -0.15) is 0 Å². The molecular weight excluding hydrogens is 190 g/mol. The third-order valence-electron chi connectivity index (χ3n) is 2.76. The second-order valence-electron chi connectivity index (χ2n) is 3.90. The molecule has 0 aliphatic carbocycles. The molecule has 0 spiro atoms. The van der Waals surface area contributed by atoms with Crippen LogP contribution in [0.2, 0.25) is 0 Å². The van der Waals surface area contributed by atoms with Crippen molar-refractivity contribution in [3.63, 3.8) is 0 Å². The van der Waals surface area contributed by atoms with E-state index < -0.39 is 0 Å². The second kappa shape index (κ2) is 6.50. The van der Waals surface area contributed by atoms with E-state index in [0.717, 1.165) is 12.4 Å². The second-order valence-corrected chi connectivity index (χ2v) is 3.90. The zero-order valence-corrected chi connectivity index (χ0v) is 9.69. The van der Waals surface area contributed by atoms with E-state index in [2.05, 4.69) is 29.4 Å². The van der Waals surface area contributed by atoms with Crippen LogP contribution in [0.5, 0.6) is 0 Å². The van der Waals surface area contributed by atoms with Crippen LogP contribution >= 0.6 is 0 Å². The first-order chi connectivity index (χ1) is 7.31. The summed E-state index contributed by atoms with van der Waals surface area (Å²) in [6.45, 7) is 5.75. The van der Waals surface area contributed by atoms with Gasteiger partial charge >= 0.3 is 0 Å². The molecule has 1 heterocycles. The molecule has 1 aromatic heterocycles. The van der Waals surface area contributed by atoms with Gasteiger partial charge in [0.25, 0.3) is 0 Å². The Bertz CT molecular complexity index is 271. The first-order valence-corrected chi connectivity index (χ1v) is 5.76. The van der Waals surface area contributed by atoms with Crippen molar-refractivity contribution in [3.8, 4) is 0 Å². The number of hydrogen-bond donors (Lipinski definition) is 1. The predicted octanol–water partition coefficient (Wildman–Crippen LogP) is 1.35. The average Bonchev–Trinajstić information content (AvgIpc) is 2.71. The Morgan fingerprint density at radius 2 is 2.20 bits per heavy atom. The van der Waals surface area contributed by atoms with Crippen molar-refractivity contribution in [2.45, 2.75) is 52.6 Å². The molecular formula is C10H21N5. The molecule has 0 aliphatic heterocycles. The maximum atomic E-state index is 5.55. The number of nitrogens with zero attached hydrogens (tertiary/aromatic N) is 4. The third kappa shape index (κ3) is 3.58. The van der Waals surface area contributed by atoms with Gasteiger partial charge in [-0.15, -0.1) is 5.10 Å². The zero-order valence-electron chi connectivity index (χ0n) is 9.69. The molecule has 0 fully saturated rings. The van der Waals surface area contributed by atoms with Crippen LogP contribution in [-0.4, -0.2) is 20.2 Å². The van der Waals surface area contributed by atoms with Gasteiger partial charge < -0.3 is 5.73 Å². The van der Waals surface area contributed by atoms with Gasteiger partial charge in [0.1, 0.15) is 0 Å². The molecule has 0 saturated carbocycles. The van der Waals surface area contributed by atoms with Crippen LogP contribution in [0.15, 0.2) is 0 Å². The number of tetrazole rings is 1. The van der Waals surface area contributed by atoms with E-state index in [1.807, 2.05) is 4.68 Å². The van der Waals surface area contributed by atoms with Gasteiger partial charge in [-0.1, -0.05) is 33.1 Å². The summed E-state index contributed by atoms with van der Waals surface area (Å²) >= 11 is 0. The molecule has 5 nitrogen and oxygen atoms in total. The standard InChI is InChI=1S/C10H21N5/c1-3-5-6-9(4-2)8-15-10(7-11)12-13-14-15/h9H,3-8,11H2,1-2H3. The zero-order chi connectivity index (χ0) is 11.1. The summed E-state index contributed by atoms with van der Waals surface area (Å²) in [6, 6.07) is 0. The molecule has 0 bridgehead atoms. The Morgan fingerprint density at radius 3 is 2.80 bits per heavy atom. The van der Waals surface area contributed by atoms with E-state index in [-0.39, 0.29) is 0 Å². The van der Waals surface area contributed by atoms with E-state index in [1.54, 1.807) is 0 Å². The molecule has 5 heteroatoms. The van der Waals surface area contributed by atoms with Crippen molar-refractivity contribution in [2.75, 3.05) is 0 Å². The molecule has 1 aromatic rings.